The Morgan fingerprint density at radius 1 is 1.19 bits per heavy atom. The Morgan fingerprint density at radius 2 is 1.95 bits per heavy atom. The van der Waals surface area contributed by atoms with Gasteiger partial charge in [0.2, 0.25) is 0 Å². The van der Waals surface area contributed by atoms with Gasteiger partial charge in [-0.1, -0.05) is 6.07 Å². The van der Waals surface area contributed by atoms with E-state index in [-0.39, 0.29) is 0 Å². The van der Waals surface area contributed by atoms with Crippen molar-refractivity contribution in [3.8, 4) is 5.75 Å². The minimum Gasteiger partial charge on any atom is -0.497 e. The van der Waals surface area contributed by atoms with Gasteiger partial charge in [-0.3, -0.25) is 0 Å². The number of nitrogens with two attached hydrogens (primary N) is 1. The molecule has 2 aromatic rings. The lowest BCUT2D eigenvalue weighted by Gasteiger charge is -2.34. The van der Waals surface area contributed by atoms with Gasteiger partial charge in [-0.15, -0.1) is 0 Å². The van der Waals surface area contributed by atoms with Crippen molar-refractivity contribution >= 4 is 16.6 Å². The van der Waals surface area contributed by atoms with Crippen LogP contribution in [0.4, 0.5) is 5.82 Å². The molecule has 1 fully saturated rings. The second-order valence-corrected chi connectivity index (χ2v) is 5.90. The van der Waals surface area contributed by atoms with Gasteiger partial charge < -0.3 is 15.4 Å². The molecule has 1 aromatic carbocycles. The molecule has 1 aliphatic rings. The predicted octanol–water partition coefficient (Wildman–Crippen LogP) is 2.95. The number of aromatic nitrogens is 1. The molecule has 4 heteroatoms. The number of hydrogen-bond acceptors (Lipinski definition) is 4. The summed E-state index contributed by atoms with van der Waals surface area (Å²) in [5, 5.41) is 2.34. The molecule has 1 heterocycles. The van der Waals surface area contributed by atoms with Gasteiger partial charge in [0.1, 0.15) is 11.6 Å². The molecule has 1 saturated carbocycles. The van der Waals surface area contributed by atoms with Gasteiger partial charge in [-0.25, -0.2) is 4.98 Å². The average molecular weight is 285 g/mol. The summed E-state index contributed by atoms with van der Waals surface area (Å²) in [6, 6.07) is 9.09. The van der Waals surface area contributed by atoms with Crippen molar-refractivity contribution in [2.24, 2.45) is 5.73 Å². The van der Waals surface area contributed by atoms with Crippen LogP contribution in [0.15, 0.2) is 30.5 Å². The second-order valence-electron chi connectivity index (χ2n) is 5.90. The first-order valence-electron chi connectivity index (χ1n) is 7.60. The molecule has 0 bridgehead atoms. The molecular weight excluding hydrogens is 262 g/mol. The number of anilines is 1. The zero-order valence-electron chi connectivity index (χ0n) is 12.7. The number of benzene rings is 1. The van der Waals surface area contributed by atoms with E-state index in [4.69, 9.17) is 10.5 Å². The summed E-state index contributed by atoms with van der Waals surface area (Å²) in [7, 11) is 3.84. The SMILES string of the molecule is COc1ccc2ccnc(N(C)C3CCC(N)CC3)c2c1. The summed E-state index contributed by atoms with van der Waals surface area (Å²) < 4.78 is 5.35. The first kappa shape index (κ1) is 14.1. The van der Waals surface area contributed by atoms with E-state index in [1.165, 1.54) is 5.39 Å². The normalized spacial score (nSPS) is 22.2. The lowest BCUT2D eigenvalue weighted by molar-refractivity contribution is 0.384. The molecule has 112 valence electrons. The van der Waals surface area contributed by atoms with Gasteiger partial charge >= 0.3 is 0 Å². The molecule has 0 amide bonds. The first-order chi connectivity index (χ1) is 10.2. The molecule has 0 radical (unpaired) electrons. The Kier molecular flexibility index (Phi) is 3.97. The molecule has 0 atom stereocenters. The molecule has 1 aromatic heterocycles. The number of hydrogen-bond donors (Lipinski definition) is 1. The second kappa shape index (κ2) is 5.90. The Hall–Kier alpha value is -1.81. The van der Waals surface area contributed by atoms with Crippen LogP contribution in [0.25, 0.3) is 10.8 Å². The fraction of sp³-hybridized carbons (Fsp3) is 0.471. The monoisotopic (exact) mass is 285 g/mol. The van der Waals surface area contributed by atoms with Gasteiger partial charge in [-0.05, 0) is 49.3 Å². The van der Waals surface area contributed by atoms with Crippen molar-refractivity contribution in [2.45, 2.75) is 37.8 Å². The number of ether oxygens (including phenoxy) is 1. The highest BCUT2D eigenvalue weighted by Crippen LogP contribution is 2.31. The highest BCUT2D eigenvalue weighted by atomic mass is 16.5. The summed E-state index contributed by atoms with van der Waals surface area (Å²) in [4.78, 5) is 6.93. The maximum Gasteiger partial charge on any atom is 0.136 e. The van der Waals surface area contributed by atoms with Gasteiger partial charge in [0.05, 0.1) is 7.11 Å². The molecule has 0 spiro atoms. The zero-order chi connectivity index (χ0) is 14.8. The summed E-state index contributed by atoms with van der Waals surface area (Å²) in [6.45, 7) is 0. The Bertz CT molecular complexity index is 620. The van der Waals surface area contributed by atoms with Crippen LogP contribution in [0, 0.1) is 0 Å². The number of pyridine rings is 1. The fourth-order valence-electron chi connectivity index (χ4n) is 3.20. The van der Waals surface area contributed by atoms with Crippen LogP contribution in [0.5, 0.6) is 5.75 Å². The highest BCUT2D eigenvalue weighted by Gasteiger charge is 2.23. The van der Waals surface area contributed by atoms with E-state index in [1.807, 2.05) is 18.3 Å². The summed E-state index contributed by atoms with van der Waals surface area (Å²) in [5.41, 5.74) is 6.01. The predicted molar refractivity (Wildman–Crippen MR) is 86.9 cm³/mol. The number of fused-ring (bicyclic) bond motifs is 1. The zero-order valence-corrected chi connectivity index (χ0v) is 12.7. The molecule has 3 rings (SSSR count). The van der Waals surface area contributed by atoms with Gasteiger partial charge in [0, 0.05) is 30.7 Å². The topological polar surface area (TPSA) is 51.4 Å². The van der Waals surface area contributed by atoms with Crippen molar-refractivity contribution in [1.82, 2.24) is 4.98 Å². The van der Waals surface area contributed by atoms with Gasteiger partial charge in [-0.2, -0.15) is 0 Å². The largest absolute Gasteiger partial charge is 0.497 e. The minimum absolute atomic E-state index is 0.371. The summed E-state index contributed by atoms with van der Waals surface area (Å²) in [6.07, 6.45) is 6.36. The number of methoxy groups -OCH3 is 1. The Labute approximate surface area is 125 Å². The molecule has 1 aliphatic carbocycles. The summed E-state index contributed by atoms with van der Waals surface area (Å²) >= 11 is 0. The molecule has 4 nitrogen and oxygen atoms in total. The minimum atomic E-state index is 0.371. The lowest BCUT2D eigenvalue weighted by atomic mass is 9.91. The number of nitrogens with zero attached hydrogens (tertiary/aromatic N) is 2. The maximum absolute atomic E-state index is 6.01. The maximum atomic E-state index is 6.01. The van der Waals surface area contributed by atoms with Crippen molar-refractivity contribution in [1.29, 1.82) is 0 Å². The fourth-order valence-corrected chi connectivity index (χ4v) is 3.20. The highest BCUT2D eigenvalue weighted by molar-refractivity contribution is 5.93. The van der Waals surface area contributed by atoms with Crippen LogP contribution < -0.4 is 15.4 Å². The Balaban J connectivity index is 1.95. The van der Waals surface area contributed by atoms with E-state index in [0.717, 1.165) is 42.6 Å². The Morgan fingerprint density at radius 3 is 2.67 bits per heavy atom. The van der Waals surface area contributed by atoms with E-state index in [0.29, 0.717) is 12.1 Å². The van der Waals surface area contributed by atoms with Gasteiger partial charge in [0.15, 0.2) is 0 Å². The standard InChI is InChI=1S/C17H23N3O/c1-20(14-6-4-13(18)5-7-14)17-16-11-15(21-2)8-3-12(16)9-10-19-17/h3,8-11,13-14H,4-7,18H2,1-2H3. The van der Waals surface area contributed by atoms with E-state index in [2.05, 4.69) is 29.1 Å². The molecule has 21 heavy (non-hydrogen) atoms. The van der Waals surface area contributed by atoms with E-state index in [1.54, 1.807) is 7.11 Å². The number of rotatable bonds is 3. The van der Waals surface area contributed by atoms with E-state index in [9.17, 15) is 0 Å². The third kappa shape index (κ3) is 2.81. The van der Waals surface area contributed by atoms with Crippen LogP contribution in [0.3, 0.4) is 0 Å². The van der Waals surface area contributed by atoms with Crippen molar-refractivity contribution in [3.63, 3.8) is 0 Å². The molecule has 0 unspecified atom stereocenters. The first-order valence-corrected chi connectivity index (χ1v) is 7.60. The van der Waals surface area contributed by atoms with Crippen molar-refractivity contribution in [3.05, 3.63) is 30.5 Å². The smallest absolute Gasteiger partial charge is 0.136 e. The molecular formula is C17H23N3O. The third-order valence-electron chi connectivity index (χ3n) is 4.58. The van der Waals surface area contributed by atoms with Crippen LogP contribution in [-0.4, -0.2) is 31.2 Å². The molecule has 0 saturated heterocycles. The quantitative estimate of drug-likeness (QED) is 0.942. The molecule has 2 N–H and O–H groups in total. The lowest BCUT2D eigenvalue weighted by Crippen LogP contribution is -2.39. The van der Waals surface area contributed by atoms with Gasteiger partial charge in [0.25, 0.3) is 0 Å². The van der Waals surface area contributed by atoms with E-state index >= 15 is 0 Å². The van der Waals surface area contributed by atoms with Crippen molar-refractivity contribution in [2.75, 3.05) is 19.1 Å². The van der Waals surface area contributed by atoms with Crippen LogP contribution >= 0.6 is 0 Å². The average Bonchev–Trinajstić information content (AvgIpc) is 2.54. The van der Waals surface area contributed by atoms with Crippen LogP contribution in [0.2, 0.25) is 0 Å². The third-order valence-corrected chi connectivity index (χ3v) is 4.58. The molecule has 0 aliphatic heterocycles. The van der Waals surface area contributed by atoms with Crippen LogP contribution in [-0.2, 0) is 0 Å². The summed E-state index contributed by atoms with van der Waals surface area (Å²) in [5.74, 6) is 1.91. The van der Waals surface area contributed by atoms with Crippen molar-refractivity contribution < 1.29 is 4.74 Å². The van der Waals surface area contributed by atoms with E-state index < -0.39 is 0 Å². The van der Waals surface area contributed by atoms with Crippen LogP contribution in [0.1, 0.15) is 25.7 Å².